The normalized spacial score (nSPS) is 13.3. The van der Waals surface area contributed by atoms with Gasteiger partial charge in [-0.15, -0.1) is 11.3 Å². The Morgan fingerprint density at radius 2 is 1.66 bits per heavy atom. The summed E-state index contributed by atoms with van der Waals surface area (Å²) in [6.07, 6.45) is 6.63. The van der Waals surface area contributed by atoms with Crippen LogP contribution in [0.15, 0.2) is 65.8 Å². The van der Waals surface area contributed by atoms with Crippen LogP contribution in [0.1, 0.15) is 52.9 Å². The van der Waals surface area contributed by atoms with Crippen LogP contribution in [0.5, 0.6) is 0 Å². The zero-order valence-corrected chi connectivity index (χ0v) is 23.1. The Balaban J connectivity index is 1.28. The van der Waals surface area contributed by atoms with Gasteiger partial charge in [0.25, 0.3) is 0 Å². The highest BCUT2D eigenvalue weighted by Crippen LogP contribution is 2.38. The van der Waals surface area contributed by atoms with E-state index in [1.807, 2.05) is 48.5 Å². The molecule has 0 bridgehead atoms. The number of hydrogen-bond donors (Lipinski definition) is 2. The van der Waals surface area contributed by atoms with Crippen LogP contribution in [-0.2, 0) is 22.4 Å². The fourth-order valence-corrected chi connectivity index (χ4v) is 6.90. The Morgan fingerprint density at radius 1 is 0.974 bits per heavy atom. The number of nitrogens with one attached hydrogen (secondary N) is 2. The molecule has 38 heavy (non-hydrogen) atoms. The van der Waals surface area contributed by atoms with E-state index < -0.39 is 0 Å². The van der Waals surface area contributed by atoms with E-state index in [0.717, 1.165) is 58.9 Å². The predicted octanol–water partition coefficient (Wildman–Crippen LogP) is 7.37. The molecule has 0 spiro atoms. The first-order valence-corrected chi connectivity index (χ1v) is 14.8. The molecule has 0 atom stereocenters. The fraction of sp³-hybridized carbons (Fsp3) is 0.300. The molecule has 8 heteroatoms. The lowest BCUT2D eigenvalue weighted by Gasteiger charge is -2.11. The van der Waals surface area contributed by atoms with Gasteiger partial charge in [0.15, 0.2) is 5.16 Å². The summed E-state index contributed by atoms with van der Waals surface area (Å²) >= 11 is 3.04. The fourth-order valence-electron chi connectivity index (χ4n) is 4.79. The van der Waals surface area contributed by atoms with Gasteiger partial charge >= 0.3 is 5.97 Å². The van der Waals surface area contributed by atoms with Crippen LogP contribution < -0.4 is 5.32 Å². The molecule has 0 aliphatic heterocycles. The average Bonchev–Trinajstić information content (AvgIpc) is 3.50. The monoisotopic (exact) mass is 545 g/mol. The number of aryl methyl sites for hydroxylation is 1. The molecule has 2 aromatic carbocycles. The van der Waals surface area contributed by atoms with Crippen molar-refractivity contribution in [2.45, 2.75) is 50.1 Å². The second-order valence-corrected chi connectivity index (χ2v) is 11.4. The van der Waals surface area contributed by atoms with Gasteiger partial charge in [0.1, 0.15) is 5.00 Å². The van der Waals surface area contributed by atoms with E-state index in [1.54, 1.807) is 0 Å². The lowest BCUT2D eigenvalue weighted by molar-refractivity contribution is -0.115. The van der Waals surface area contributed by atoms with Gasteiger partial charge in [-0.2, -0.15) is 0 Å². The summed E-state index contributed by atoms with van der Waals surface area (Å²) in [5.74, 6) is 0.0701. The smallest absolute Gasteiger partial charge is 0.341 e. The van der Waals surface area contributed by atoms with Crippen molar-refractivity contribution in [1.29, 1.82) is 0 Å². The van der Waals surface area contributed by atoms with E-state index in [1.165, 1.54) is 47.9 Å². The SMILES string of the molecule is COC(=O)c1c(NC(=O)CCSc2nc(-c3ccccc3)c(-c3ccccc3)[nH]2)sc2c1CCCCCC2. The number of carbonyl (C=O) groups excluding carboxylic acids is 2. The van der Waals surface area contributed by atoms with Crippen LogP contribution >= 0.6 is 23.1 Å². The average molecular weight is 546 g/mol. The number of thiophene rings is 1. The summed E-state index contributed by atoms with van der Waals surface area (Å²) in [6.45, 7) is 0. The highest BCUT2D eigenvalue weighted by Gasteiger charge is 2.26. The van der Waals surface area contributed by atoms with Gasteiger partial charge in [-0.3, -0.25) is 4.79 Å². The maximum absolute atomic E-state index is 12.9. The highest BCUT2D eigenvalue weighted by atomic mass is 32.2. The van der Waals surface area contributed by atoms with Crippen molar-refractivity contribution >= 4 is 40.0 Å². The van der Waals surface area contributed by atoms with E-state index >= 15 is 0 Å². The predicted molar refractivity (Wildman–Crippen MR) is 155 cm³/mol. The number of imidazole rings is 1. The van der Waals surface area contributed by atoms with E-state index in [2.05, 4.69) is 22.4 Å². The molecule has 0 saturated carbocycles. The highest BCUT2D eigenvalue weighted by molar-refractivity contribution is 7.99. The van der Waals surface area contributed by atoms with Gasteiger partial charge in [0.2, 0.25) is 5.91 Å². The molecule has 2 N–H and O–H groups in total. The van der Waals surface area contributed by atoms with Gasteiger partial charge in [0, 0.05) is 28.2 Å². The number of ether oxygens (including phenoxy) is 1. The van der Waals surface area contributed by atoms with Crippen molar-refractivity contribution in [3.8, 4) is 22.5 Å². The lowest BCUT2D eigenvalue weighted by atomic mass is 9.96. The number of aromatic amines is 1. The zero-order valence-electron chi connectivity index (χ0n) is 21.4. The summed E-state index contributed by atoms with van der Waals surface area (Å²) in [7, 11) is 1.40. The number of esters is 1. The number of H-pyrrole nitrogens is 1. The van der Waals surface area contributed by atoms with Crippen molar-refractivity contribution in [3.05, 3.63) is 76.7 Å². The minimum absolute atomic E-state index is 0.116. The van der Waals surface area contributed by atoms with Gasteiger partial charge in [-0.05, 0) is 31.2 Å². The first kappa shape index (κ1) is 26.3. The number of fused-ring (bicyclic) bond motifs is 1. The molecule has 0 radical (unpaired) electrons. The van der Waals surface area contributed by atoms with Gasteiger partial charge in [-0.1, -0.05) is 85.3 Å². The molecule has 4 aromatic rings. The molecule has 0 saturated heterocycles. The Kier molecular flexibility index (Phi) is 8.61. The topological polar surface area (TPSA) is 84.1 Å². The third-order valence-electron chi connectivity index (χ3n) is 6.67. The minimum atomic E-state index is -0.370. The van der Waals surface area contributed by atoms with Gasteiger partial charge in [0.05, 0.1) is 24.1 Å². The van der Waals surface area contributed by atoms with Crippen LogP contribution in [0.2, 0.25) is 0 Å². The third-order valence-corrected chi connectivity index (χ3v) is 8.76. The van der Waals surface area contributed by atoms with Crippen LogP contribution in [0.3, 0.4) is 0 Å². The number of thioether (sulfide) groups is 1. The largest absolute Gasteiger partial charge is 0.465 e. The Morgan fingerprint density at radius 3 is 2.37 bits per heavy atom. The second-order valence-electron chi connectivity index (χ2n) is 9.26. The molecule has 1 amide bonds. The first-order chi connectivity index (χ1) is 18.6. The van der Waals surface area contributed by atoms with E-state index in [4.69, 9.17) is 9.72 Å². The third kappa shape index (κ3) is 6.03. The van der Waals surface area contributed by atoms with Gasteiger partial charge in [-0.25, -0.2) is 9.78 Å². The van der Waals surface area contributed by atoms with Crippen LogP contribution in [0, 0.1) is 0 Å². The summed E-state index contributed by atoms with van der Waals surface area (Å²) in [5, 5.41) is 4.40. The minimum Gasteiger partial charge on any atom is -0.465 e. The maximum Gasteiger partial charge on any atom is 0.341 e. The number of nitrogens with zero attached hydrogens (tertiary/aromatic N) is 1. The number of hydrogen-bond acceptors (Lipinski definition) is 6. The molecule has 1 aliphatic rings. The lowest BCUT2D eigenvalue weighted by Crippen LogP contribution is -2.15. The second kappa shape index (κ2) is 12.5. The molecule has 6 nitrogen and oxygen atoms in total. The standard InChI is InChI=1S/C30H31N3O3S2/c1-36-29(35)25-22-16-10-2-3-11-17-23(22)38-28(25)31-24(34)18-19-37-30-32-26(20-12-6-4-7-13-20)27(33-30)21-14-8-5-9-15-21/h4-9,12-15H,2-3,10-11,16-19H2,1H3,(H,31,34)(H,32,33). The van der Waals surface area contributed by atoms with Gasteiger partial charge < -0.3 is 15.0 Å². The molecule has 196 valence electrons. The van der Waals surface area contributed by atoms with Crippen LogP contribution in [-0.4, -0.2) is 34.7 Å². The van der Waals surface area contributed by atoms with Crippen molar-refractivity contribution in [2.24, 2.45) is 0 Å². The van der Waals surface area contributed by atoms with E-state index in [0.29, 0.717) is 22.7 Å². The zero-order chi connectivity index (χ0) is 26.3. The Bertz CT molecular complexity index is 1340. The Hall–Kier alpha value is -3.36. The number of carbonyl (C=O) groups is 2. The number of amides is 1. The summed E-state index contributed by atoms with van der Waals surface area (Å²) < 4.78 is 5.08. The number of rotatable bonds is 8. The molecule has 2 heterocycles. The van der Waals surface area contributed by atoms with Crippen molar-refractivity contribution in [3.63, 3.8) is 0 Å². The summed E-state index contributed by atoms with van der Waals surface area (Å²) in [6, 6.07) is 20.2. The molecule has 1 aliphatic carbocycles. The van der Waals surface area contributed by atoms with Crippen molar-refractivity contribution in [2.75, 3.05) is 18.2 Å². The Labute approximate surface area is 231 Å². The van der Waals surface area contributed by atoms with Crippen LogP contribution in [0.25, 0.3) is 22.5 Å². The molecule has 2 aromatic heterocycles. The van der Waals surface area contributed by atoms with E-state index in [-0.39, 0.29) is 11.9 Å². The molecule has 0 fully saturated rings. The van der Waals surface area contributed by atoms with Crippen molar-refractivity contribution < 1.29 is 14.3 Å². The summed E-state index contributed by atoms with van der Waals surface area (Å²) in [5.41, 5.74) is 5.55. The number of aromatic nitrogens is 2. The molecular weight excluding hydrogens is 514 g/mol. The molecule has 0 unspecified atom stereocenters. The number of anilines is 1. The number of methoxy groups -OCH3 is 1. The van der Waals surface area contributed by atoms with E-state index in [9.17, 15) is 9.59 Å². The first-order valence-electron chi connectivity index (χ1n) is 13.0. The van der Waals surface area contributed by atoms with Crippen molar-refractivity contribution in [1.82, 2.24) is 9.97 Å². The molecule has 5 rings (SSSR count). The summed E-state index contributed by atoms with van der Waals surface area (Å²) in [4.78, 5) is 35.1. The van der Waals surface area contributed by atoms with Crippen LogP contribution in [0.4, 0.5) is 5.00 Å². The molecular formula is C30H31N3O3S2. The maximum atomic E-state index is 12.9. The quantitative estimate of drug-likeness (QED) is 0.178. The number of benzene rings is 2.